The van der Waals surface area contributed by atoms with Gasteiger partial charge in [0.2, 0.25) is 0 Å². The smallest absolute Gasteiger partial charge is 0.0787 e. The van der Waals surface area contributed by atoms with Gasteiger partial charge < -0.3 is 5.32 Å². The van der Waals surface area contributed by atoms with Crippen molar-refractivity contribution in [1.29, 1.82) is 0 Å². The minimum atomic E-state index is 0.887. The van der Waals surface area contributed by atoms with Crippen LogP contribution >= 0.6 is 11.8 Å². The van der Waals surface area contributed by atoms with Crippen LogP contribution in [0.25, 0.3) is 5.70 Å². The molecule has 0 unspecified atom stereocenters. The van der Waals surface area contributed by atoms with E-state index in [9.17, 15) is 0 Å². The molecule has 80 valence electrons. The first-order valence-corrected chi connectivity index (χ1v) is 5.78. The summed E-state index contributed by atoms with van der Waals surface area (Å²) in [5.74, 6) is 0.887. The second-order valence-corrected chi connectivity index (χ2v) is 4.26. The van der Waals surface area contributed by atoms with Crippen LogP contribution < -0.4 is 5.32 Å². The molecule has 0 aliphatic heterocycles. The molecule has 0 radical (unpaired) electrons. The Morgan fingerprint density at radius 3 is 2.60 bits per heavy atom. The number of aliphatic imine (C=N–C) groups is 1. The summed E-state index contributed by atoms with van der Waals surface area (Å²) in [6, 6.07) is 10.1. The lowest BCUT2D eigenvalue weighted by Gasteiger charge is -2.07. The van der Waals surface area contributed by atoms with Gasteiger partial charge >= 0.3 is 0 Å². The molecule has 2 nitrogen and oxygen atoms in total. The summed E-state index contributed by atoms with van der Waals surface area (Å²) in [6.07, 6.45) is 0. The first-order chi connectivity index (χ1) is 7.29. The van der Waals surface area contributed by atoms with Crippen molar-refractivity contribution in [3.05, 3.63) is 40.8 Å². The monoisotopic (exact) mass is 220 g/mol. The lowest BCUT2D eigenvalue weighted by atomic mass is 10.1. The molecule has 1 rings (SSSR count). The van der Waals surface area contributed by atoms with E-state index in [1.54, 1.807) is 11.8 Å². The summed E-state index contributed by atoms with van der Waals surface area (Å²) in [7, 11) is 1.93. The summed E-state index contributed by atoms with van der Waals surface area (Å²) in [6.45, 7) is 5.69. The Balaban J connectivity index is 2.92. The first-order valence-electron chi connectivity index (χ1n) is 4.80. The average Bonchev–Trinajstić information content (AvgIpc) is 2.29. The Hall–Kier alpha value is -1.06. The summed E-state index contributed by atoms with van der Waals surface area (Å²) in [5.41, 5.74) is 2.09. The fraction of sp³-hybridized carbons (Fsp3) is 0.250. The maximum Gasteiger partial charge on any atom is 0.0787 e. The molecule has 0 fully saturated rings. The zero-order valence-electron chi connectivity index (χ0n) is 9.16. The van der Waals surface area contributed by atoms with Gasteiger partial charge in [0.05, 0.1) is 5.70 Å². The SMILES string of the molecule is C=N/C(=C(/C)SCNC)c1ccccc1. The third-order valence-electron chi connectivity index (χ3n) is 1.97. The van der Waals surface area contributed by atoms with Crippen molar-refractivity contribution in [2.45, 2.75) is 6.92 Å². The molecule has 0 amide bonds. The van der Waals surface area contributed by atoms with E-state index in [-0.39, 0.29) is 0 Å². The molecule has 0 atom stereocenters. The van der Waals surface area contributed by atoms with Gasteiger partial charge in [0.15, 0.2) is 0 Å². The van der Waals surface area contributed by atoms with E-state index in [2.05, 4.69) is 24.0 Å². The van der Waals surface area contributed by atoms with Crippen LogP contribution in [0.3, 0.4) is 0 Å². The number of nitrogens with zero attached hydrogens (tertiary/aromatic N) is 1. The standard InChI is InChI=1S/C12H16N2S/c1-10(15-9-13-2)12(14-3)11-7-5-4-6-8-11/h4-8,13H,3,9H2,1-2H3/b12-10-. The van der Waals surface area contributed by atoms with Crippen molar-refractivity contribution in [3.8, 4) is 0 Å². The van der Waals surface area contributed by atoms with Gasteiger partial charge in [-0.3, -0.25) is 4.99 Å². The number of hydrogen-bond donors (Lipinski definition) is 1. The number of nitrogens with one attached hydrogen (secondary N) is 1. The fourth-order valence-corrected chi connectivity index (χ4v) is 1.93. The molecule has 0 aromatic heterocycles. The largest absolute Gasteiger partial charge is 0.311 e. The number of hydrogen-bond acceptors (Lipinski definition) is 3. The molecule has 0 spiro atoms. The molecule has 1 N–H and O–H groups in total. The molecule has 1 aromatic carbocycles. The Kier molecular flexibility index (Phi) is 5.15. The van der Waals surface area contributed by atoms with Crippen LogP contribution in [-0.2, 0) is 0 Å². The fourth-order valence-electron chi connectivity index (χ4n) is 1.25. The van der Waals surface area contributed by atoms with Crippen molar-refractivity contribution in [1.82, 2.24) is 5.32 Å². The van der Waals surface area contributed by atoms with Crippen LogP contribution in [0.1, 0.15) is 12.5 Å². The normalized spacial score (nSPS) is 12.1. The maximum atomic E-state index is 4.09. The maximum absolute atomic E-state index is 4.09. The molecule has 0 saturated carbocycles. The van der Waals surface area contributed by atoms with E-state index in [1.165, 1.54) is 4.91 Å². The van der Waals surface area contributed by atoms with Gasteiger partial charge in [-0.2, -0.15) is 0 Å². The Labute approximate surface area is 95.5 Å². The van der Waals surface area contributed by atoms with E-state index in [0.717, 1.165) is 17.1 Å². The van der Waals surface area contributed by atoms with Crippen LogP contribution in [-0.4, -0.2) is 19.6 Å². The van der Waals surface area contributed by atoms with Crippen LogP contribution in [0, 0.1) is 0 Å². The second kappa shape index (κ2) is 6.43. The lowest BCUT2D eigenvalue weighted by molar-refractivity contribution is 0.984. The van der Waals surface area contributed by atoms with Crippen LogP contribution in [0.4, 0.5) is 0 Å². The molecule has 15 heavy (non-hydrogen) atoms. The molecule has 0 bridgehead atoms. The molecular weight excluding hydrogens is 204 g/mol. The molecule has 0 aliphatic carbocycles. The highest BCUT2D eigenvalue weighted by molar-refractivity contribution is 8.03. The molecule has 1 aromatic rings. The number of benzene rings is 1. The summed E-state index contributed by atoms with van der Waals surface area (Å²) in [4.78, 5) is 5.28. The van der Waals surface area contributed by atoms with E-state index in [0.29, 0.717) is 0 Å². The predicted octanol–water partition coefficient (Wildman–Crippen LogP) is 2.99. The zero-order chi connectivity index (χ0) is 11.1. The Bertz CT molecular complexity index is 344. The van der Waals surface area contributed by atoms with E-state index in [1.807, 2.05) is 37.4 Å². The summed E-state index contributed by atoms with van der Waals surface area (Å²) in [5, 5.41) is 3.10. The molecule has 3 heteroatoms. The second-order valence-electron chi connectivity index (χ2n) is 3.07. The first kappa shape index (κ1) is 12.0. The van der Waals surface area contributed by atoms with Gasteiger partial charge in [0.25, 0.3) is 0 Å². The molecule has 0 aliphatic rings. The molecular formula is C12H16N2S. The van der Waals surface area contributed by atoms with Crippen LogP contribution in [0.2, 0.25) is 0 Å². The molecule has 0 saturated heterocycles. The minimum Gasteiger partial charge on any atom is -0.311 e. The Morgan fingerprint density at radius 1 is 1.40 bits per heavy atom. The predicted molar refractivity (Wildman–Crippen MR) is 70.1 cm³/mol. The van der Waals surface area contributed by atoms with Gasteiger partial charge in [-0.1, -0.05) is 30.3 Å². The van der Waals surface area contributed by atoms with Gasteiger partial charge in [-0.15, -0.1) is 11.8 Å². The van der Waals surface area contributed by atoms with Gasteiger partial charge in [-0.05, 0) is 20.7 Å². The number of rotatable bonds is 5. The topological polar surface area (TPSA) is 24.4 Å². The lowest BCUT2D eigenvalue weighted by Crippen LogP contribution is -2.03. The van der Waals surface area contributed by atoms with Crippen molar-refractivity contribution in [2.75, 3.05) is 12.9 Å². The third kappa shape index (κ3) is 3.53. The van der Waals surface area contributed by atoms with Crippen molar-refractivity contribution >= 4 is 24.2 Å². The Morgan fingerprint density at radius 2 is 2.07 bits per heavy atom. The minimum absolute atomic E-state index is 0.887. The number of thioether (sulfide) groups is 1. The third-order valence-corrected chi connectivity index (χ3v) is 3.03. The van der Waals surface area contributed by atoms with E-state index in [4.69, 9.17) is 0 Å². The van der Waals surface area contributed by atoms with Gasteiger partial charge in [-0.25, -0.2) is 0 Å². The van der Waals surface area contributed by atoms with Crippen LogP contribution in [0.5, 0.6) is 0 Å². The highest BCUT2D eigenvalue weighted by Crippen LogP contribution is 2.26. The summed E-state index contributed by atoms with van der Waals surface area (Å²) >= 11 is 1.74. The number of allylic oxidation sites excluding steroid dienone is 1. The van der Waals surface area contributed by atoms with Crippen LogP contribution in [0.15, 0.2) is 40.2 Å². The van der Waals surface area contributed by atoms with Gasteiger partial charge in [0.1, 0.15) is 0 Å². The van der Waals surface area contributed by atoms with Gasteiger partial charge in [0, 0.05) is 16.3 Å². The van der Waals surface area contributed by atoms with Crippen molar-refractivity contribution in [3.63, 3.8) is 0 Å². The van der Waals surface area contributed by atoms with E-state index >= 15 is 0 Å². The highest BCUT2D eigenvalue weighted by atomic mass is 32.2. The quantitative estimate of drug-likeness (QED) is 0.609. The summed E-state index contributed by atoms with van der Waals surface area (Å²) < 4.78 is 0. The zero-order valence-corrected chi connectivity index (χ0v) is 9.97. The van der Waals surface area contributed by atoms with Crippen molar-refractivity contribution < 1.29 is 0 Å². The highest BCUT2D eigenvalue weighted by Gasteiger charge is 2.03. The molecule has 0 heterocycles. The average molecular weight is 220 g/mol. The van der Waals surface area contributed by atoms with E-state index < -0.39 is 0 Å². The van der Waals surface area contributed by atoms with Crippen molar-refractivity contribution in [2.24, 2.45) is 4.99 Å².